The lowest BCUT2D eigenvalue weighted by atomic mass is 10.0. The molecule has 0 saturated carbocycles. The van der Waals surface area contributed by atoms with Gasteiger partial charge < -0.3 is 9.32 Å². The number of rotatable bonds is 5. The van der Waals surface area contributed by atoms with Gasteiger partial charge in [-0.15, -0.1) is 10.2 Å². The minimum absolute atomic E-state index is 0.0920. The van der Waals surface area contributed by atoms with Crippen molar-refractivity contribution in [1.82, 2.24) is 24.9 Å². The molecule has 0 unspecified atom stereocenters. The molecule has 0 N–H and O–H groups in total. The van der Waals surface area contributed by atoms with Gasteiger partial charge in [0.05, 0.1) is 5.69 Å². The van der Waals surface area contributed by atoms with Gasteiger partial charge >= 0.3 is 0 Å². The van der Waals surface area contributed by atoms with E-state index in [2.05, 4.69) is 31.0 Å². The Morgan fingerprint density at radius 2 is 2.07 bits per heavy atom. The Bertz CT molecular complexity index is 1040. The van der Waals surface area contributed by atoms with Crippen LogP contribution < -0.4 is 0 Å². The number of nitrogens with zero attached hydrogens (tertiary/aromatic N) is 5. The average molecular weight is 408 g/mol. The molecule has 2 aromatic heterocycles. The van der Waals surface area contributed by atoms with E-state index in [-0.39, 0.29) is 11.9 Å². The van der Waals surface area contributed by atoms with Crippen LogP contribution in [-0.2, 0) is 6.42 Å². The van der Waals surface area contributed by atoms with Crippen LogP contribution in [0.4, 0.5) is 0 Å². The molecule has 3 aromatic rings. The van der Waals surface area contributed by atoms with Gasteiger partial charge in [-0.25, -0.2) is 4.68 Å². The van der Waals surface area contributed by atoms with Gasteiger partial charge in [0.15, 0.2) is 0 Å². The molecule has 1 aliphatic rings. The van der Waals surface area contributed by atoms with Crippen molar-refractivity contribution in [2.75, 3.05) is 6.54 Å². The van der Waals surface area contributed by atoms with Gasteiger partial charge in [0.2, 0.25) is 5.89 Å². The fourth-order valence-electron chi connectivity index (χ4n) is 4.05. The van der Waals surface area contributed by atoms with Gasteiger partial charge in [0.1, 0.15) is 5.69 Å². The Kier molecular flexibility index (Phi) is 5.70. The third kappa shape index (κ3) is 4.15. The summed E-state index contributed by atoms with van der Waals surface area (Å²) in [7, 11) is 0. The minimum atomic E-state index is 0.0920. The number of benzene rings is 1. The number of carbonyl (C=O) groups is 1. The highest BCUT2D eigenvalue weighted by Crippen LogP contribution is 2.24. The lowest BCUT2D eigenvalue weighted by molar-refractivity contribution is 0.0635. The normalized spacial score (nSPS) is 17.0. The molecule has 7 nitrogen and oxygen atoms in total. The first-order valence-corrected chi connectivity index (χ1v) is 10.7. The highest BCUT2D eigenvalue weighted by atomic mass is 16.4. The van der Waals surface area contributed by atoms with Crippen LogP contribution in [0, 0.1) is 12.8 Å². The molecule has 3 heterocycles. The smallest absolute Gasteiger partial charge is 0.268 e. The maximum absolute atomic E-state index is 13.1. The number of hydrogen-bond donors (Lipinski definition) is 0. The summed E-state index contributed by atoms with van der Waals surface area (Å²) in [6, 6.07) is 10.0. The van der Waals surface area contributed by atoms with Gasteiger partial charge in [-0.1, -0.05) is 19.9 Å². The van der Waals surface area contributed by atoms with Crippen molar-refractivity contribution >= 4 is 5.91 Å². The molecule has 1 atom stereocenters. The van der Waals surface area contributed by atoms with E-state index in [0.717, 1.165) is 37.2 Å². The third-order valence-electron chi connectivity index (χ3n) is 5.55. The minimum Gasteiger partial charge on any atom is -0.420 e. The molecule has 1 amide bonds. The van der Waals surface area contributed by atoms with Crippen LogP contribution in [0.15, 0.2) is 34.7 Å². The molecule has 1 saturated heterocycles. The van der Waals surface area contributed by atoms with Crippen molar-refractivity contribution in [1.29, 1.82) is 0 Å². The maximum Gasteiger partial charge on any atom is 0.268 e. The van der Waals surface area contributed by atoms with Crippen LogP contribution >= 0.6 is 0 Å². The molecule has 30 heavy (non-hydrogen) atoms. The summed E-state index contributed by atoms with van der Waals surface area (Å²) in [5.41, 5.74) is 3.26. The Morgan fingerprint density at radius 1 is 1.23 bits per heavy atom. The number of piperidine rings is 1. The van der Waals surface area contributed by atoms with Gasteiger partial charge in [-0.3, -0.25) is 4.79 Å². The van der Waals surface area contributed by atoms with Gasteiger partial charge in [0, 0.05) is 30.8 Å². The predicted octanol–water partition coefficient (Wildman–Crippen LogP) is 4.44. The summed E-state index contributed by atoms with van der Waals surface area (Å²) in [6.07, 6.45) is 4.17. The summed E-state index contributed by atoms with van der Waals surface area (Å²) in [5.74, 6) is 1.46. The van der Waals surface area contributed by atoms with Crippen LogP contribution in [0.3, 0.4) is 0 Å². The fraction of sp³-hybridized carbons (Fsp3) is 0.478. The summed E-state index contributed by atoms with van der Waals surface area (Å²) in [5, 5.41) is 12.8. The van der Waals surface area contributed by atoms with E-state index in [1.165, 1.54) is 6.42 Å². The number of aryl methyl sites for hydroxylation is 1. The molecule has 1 aromatic carbocycles. The van der Waals surface area contributed by atoms with E-state index in [9.17, 15) is 4.79 Å². The summed E-state index contributed by atoms with van der Waals surface area (Å²) < 4.78 is 7.47. The zero-order valence-corrected chi connectivity index (χ0v) is 18.1. The molecule has 0 bridgehead atoms. The quantitative estimate of drug-likeness (QED) is 0.625. The standard InChI is InChI=1S/C23H29N5O2/c1-15(2)12-20-14-21(22-25-24-17(4)30-22)26-28(20)19-10-7-9-18(13-19)23(29)27-11-6-5-8-16(27)3/h7,9-10,13-16H,5-6,8,11-12H2,1-4H3/t16-/m0/s1. The number of carbonyl (C=O) groups excluding carboxylic acids is 1. The van der Waals surface area contributed by atoms with E-state index in [4.69, 9.17) is 9.52 Å². The Labute approximate surface area is 177 Å². The van der Waals surface area contributed by atoms with Crippen molar-refractivity contribution in [3.8, 4) is 17.3 Å². The van der Waals surface area contributed by atoms with Crippen LogP contribution in [0.1, 0.15) is 62.0 Å². The maximum atomic E-state index is 13.1. The number of likely N-dealkylation sites (tertiary alicyclic amines) is 1. The zero-order valence-electron chi connectivity index (χ0n) is 18.1. The number of amides is 1. The first-order chi connectivity index (χ1) is 14.4. The molecule has 0 spiro atoms. The molecule has 0 radical (unpaired) electrons. The molecule has 0 aliphatic carbocycles. The number of aromatic nitrogens is 4. The molecule has 4 rings (SSSR count). The van der Waals surface area contributed by atoms with E-state index >= 15 is 0 Å². The van der Waals surface area contributed by atoms with Crippen molar-refractivity contribution in [2.24, 2.45) is 5.92 Å². The Hall–Kier alpha value is -2.96. The molecule has 7 heteroatoms. The zero-order chi connectivity index (χ0) is 21.3. The first-order valence-electron chi connectivity index (χ1n) is 10.7. The summed E-state index contributed by atoms with van der Waals surface area (Å²) in [4.78, 5) is 15.1. The lowest BCUT2D eigenvalue weighted by Crippen LogP contribution is -2.42. The van der Waals surface area contributed by atoms with Gasteiger partial charge in [-0.05, 0) is 62.8 Å². The van der Waals surface area contributed by atoms with E-state index in [1.54, 1.807) is 6.92 Å². The molecule has 158 valence electrons. The lowest BCUT2D eigenvalue weighted by Gasteiger charge is -2.33. The second-order valence-electron chi connectivity index (χ2n) is 8.55. The SMILES string of the molecule is Cc1nnc(-c2cc(CC(C)C)n(-c3cccc(C(=O)N4CCCC[C@@H]4C)c3)n2)o1. The Morgan fingerprint density at radius 3 is 2.77 bits per heavy atom. The fourth-order valence-corrected chi connectivity index (χ4v) is 4.05. The Balaban J connectivity index is 1.70. The second kappa shape index (κ2) is 8.42. The summed E-state index contributed by atoms with van der Waals surface area (Å²) >= 11 is 0. The molecule has 1 fully saturated rings. The molecule has 1 aliphatic heterocycles. The van der Waals surface area contributed by atoms with E-state index in [0.29, 0.717) is 29.0 Å². The van der Waals surface area contributed by atoms with Crippen molar-refractivity contribution in [3.63, 3.8) is 0 Å². The highest BCUT2D eigenvalue weighted by Gasteiger charge is 2.25. The van der Waals surface area contributed by atoms with Crippen LogP contribution in [0.2, 0.25) is 0 Å². The van der Waals surface area contributed by atoms with Crippen LogP contribution in [-0.4, -0.2) is 43.4 Å². The average Bonchev–Trinajstić information content (AvgIpc) is 3.34. The van der Waals surface area contributed by atoms with Crippen molar-refractivity contribution < 1.29 is 9.21 Å². The van der Waals surface area contributed by atoms with Crippen molar-refractivity contribution in [2.45, 2.75) is 59.4 Å². The predicted molar refractivity (Wildman–Crippen MR) is 114 cm³/mol. The van der Waals surface area contributed by atoms with Gasteiger partial charge in [-0.2, -0.15) is 5.10 Å². The van der Waals surface area contributed by atoms with E-state index < -0.39 is 0 Å². The largest absolute Gasteiger partial charge is 0.420 e. The summed E-state index contributed by atoms with van der Waals surface area (Å²) in [6.45, 7) is 9.06. The van der Waals surface area contributed by atoms with E-state index in [1.807, 2.05) is 39.9 Å². The molecular weight excluding hydrogens is 378 g/mol. The molecular formula is C23H29N5O2. The topological polar surface area (TPSA) is 77.1 Å². The second-order valence-corrected chi connectivity index (χ2v) is 8.55. The van der Waals surface area contributed by atoms with Gasteiger partial charge in [0.25, 0.3) is 11.8 Å². The highest BCUT2D eigenvalue weighted by molar-refractivity contribution is 5.95. The van der Waals surface area contributed by atoms with Crippen molar-refractivity contribution in [3.05, 3.63) is 47.5 Å². The van der Waals surface area contributed by atoms with Crippen LogP contribution in [0.5, 0.6) is 0 Å². The van der Waals surface area contributed by atoms with Crippen LogP contribution in [0.25, 0.3) is 17.3 Å². The number of hydrogen-bond acceptors (Lipinski definition) is 5. The third-order valence-corrected chi connectivity index (χ3v) is 5.55. The first kappa shape index (κ1) is 20.3. The monoisotopic (exact) mass is 407 g/mol.